The average molecular weight is 569 g/mol. The number of anilines is 2. The van der Waals surface area contributed by atoms with E-state index in [0.29, 0.717) is 18.2 Å². The summed E-state index contributed by atoms with van der Waals surface area (Å²) in [7, 11) is 0. The van der Waals surface area contributed by atoms with E-state index in [1.807, 2.05) is 0 Å². The van der Waals surface area contributed by atoms with Crippen LogP contribution in [0.4, 0.5) is 37.8 Å². The van der Waals surface area contributed by atoms with Crippen LogP contribution < -0.4 is 26.9 Å². The van der Waals surface area contributed by atoms with Crippen LogP contribution in [0.25, 0.3) is 22.2 Å². The van der Waals surface area contributed by atoms with Gasteiger partial charge in [0, 0.05) is 18.8 Å². The van der Waals surface area contributed by atoms with Crippen LogP contribution >= 0.6 is 0 Å². The van der Waals surface area contributed by atoms with Crippen molar-refractivity contribution < 1.29 is 31.1 Å². The molecule has 4 rings (SSSR count). The van der Waals surface area contributed by atoms with E-state index in [1.54, 1.807) is 18.1 Å². The Morgan fingerprint density at radius 2 is 1.95 bits per heavy atom. The number of H-pyrrole nitrogens is 1. The number of hydrogen-bond donors (Lipinski definition) is 3. The normalized spacial score (nSPS) is 12.6. The van der Waals surface area contributed by atoms with Crippen LogP contribution in [0.1, 0.15) is 25.3 Å². The molecule has 0 fully saturated rings. The Morgan fingerprint density at radius 3 is 2.62 bits per heavy atom. The highest BCUT2D eigenvalue weighted by Gasteiger charge is 2.37. The van der Waals surface area contributed by atoms with Crippen LogP contribution in [0.5, 0.6) is 5.75 Å². The summed E-state index contributed by atoms with van der Waals surface area (Å²) in [6.07, 6.45) is -0.956. The van der Waals surface area contributed by atoms with Crippen molar-refractivity contribution in [2.45, 2.75) is 45.1 Å². The second kappa shape index (κ2) is 11.2. The first-order chi connectivity index (χ1) is 18.8. The number of aromatic nitrogens is 5. The van der Waals surface area contributed by atoms with Crippen molar-refractivity contribution in [2.75, 3.05) is 11.1 Å². The number of benzene rings is 1. The molecule has 1 atom stereocenters. The van der Waals surface area contributed by atoms with Crippen LogP contribution in [-0.2, 0) is 12.7 Å². The Balaban J connectivity index is 1.48. The highest BCUT2D eigenvalue weighted by Crippen LogP contribution is 2.32. The molecule has 212 valence electrons. The number of nitrogen functional groups attached to an aromatic ring is 1. The number of aromatic amines is 1. The van der Waals surface area contributed by atoms with Gasteiger partial charge in [0.1, 0.15) is 11.4 Å². The summed E-state index contributed by atoms with van der Waals surface area (Å²) >= 11 is 0. The summed E-state index contributed by atoms with van der Waals surface area (Å²) in [4.78, 5) is 32.2. The van der Waals surface area contributed by atoms with E-state index in [4.69, 9.17) is 5.73 Å². The third-order valence-corrected chi connectivity index (χ3v) is 5.88. The predicted octanol–water partition coefficient (Wildman–Crippen LogP) is 4.16. The minimum absolute atomic E-state index is 0.0463. The largest absolute Gasteiger partial charge is 0.429 e. The Hall–Kier alpha value is -4.63. The molecule has 0 bridgehead atoms. The smallest absolute Gasteiger partial charge is 0.423 e. The van der Waals surface area contributed by atoms with E-state index in [9.17, 15) is 35.9 Å². The zero-order valence-electron chi connectivity index (χ0n) is 20.6. The molecular weight excluding hydrogens is 548 g/mol. The van der Waals surface area contributed by atoms with Gasteiger partial charge in [-0.3, -0.25) is 9.59 Å². The van der Waals surface area contributed by atoms with Crippen molar-refractivity contribution in [1.82, 2.24) is 24.7 Å². The lowest BCUT2D eigenvalue weighted by molar-refractivity contribution is -0.138. The second-order valence-electron chi connectivity index (χ2n) is 8.73. The number of hydrogen-bond acceptors (Lipinski definition) is 8. The number of rotatable bonds is 9. The minimum Gasteiger partial charge on any atom is -0.429 e. The molecule has 0 radical (unpaired) electrons. The molecule has 0 saturated heterocycles. The number of alkyl halides is 5. The van der Waals surface area contributed by atoms with Gasteiger partial charge in [0.25, 0.3) is 11.1 Å². The van der Waals surface area contributed by atoms with Crippen LogP contribution in [0.3, 0.4) is 0 Å². The molecule has 0 saturated carbocycles. The summed E-state index contributed by atoms with van der Waals surface area (Å²) in [6.45, 7) is -1.36. The van der Waals surface area contributed by atoms with Crippen LogP contribution in [0.2, 0.25) is 0 Å². The van der Waals surface area contributed by atoms with E-state index >= 15 is 0 Å². The minimum atomic E-state index is -4.88. The van der Waals surface area contributed by atoms with E-state index in [-0.39, 0.29) is 23.3 Å². The number of aryl methyl sites for hydroxylation is 1. The molecule has 4 N–H and O–H groups in total. The van der Waals surface area contributed by atoms with Gasteiger partial charge in [-0.25, -0.2) is 19.5 Å². The van der Waals surface area contributed by atoms with E-state index in [0.717, 1.165) is 18.5 Å². The topological polar surface area (TPSA) is 141 Å². The molecule has 40 heavy (non-hydrogen) atoms. The maximum atomic E-state index is 14.9. The molecular formula is C24H21F6N7O3. The van der Waals surface area contributed by atoms with Gasteiger partial charge >= 0.3 is 12.8 Å². The van der Waals surface area contributed by atoms with Crippen LogP contribution in [-0.4, -0.2) is 37.4 Å². The number of halogens is 6. The average Bonchev–Trinajstić information content (AvgIpc) is 2.86. The third kappa shape index (κ3) is 6.16. The van der Waals surface area contributed by atoms with Gasteiger partial charge in [0.2, 0.25) is 0 Å². The highest BCUT2D eigenvalue weighted by atomic mass is 19.4. The Labute approximate surface area is 220 Å². The molecule has 16 heteroatoms. The molecule has 0 aliphatic heterocycles. The van der Waals surface area contributed by atoms with Gasteiger partial charge < -0.3 is 20.4 Å². The van der Waals surface area contributed by atoms with Crippen molar-refractivity contribution in [3.05, 3.63) is 68.9 Å². The monoisotopic (exact) mass is 569 g/mol. The Kier molecular flexibility index (Phi) is 7.97. The lowest BCUT2D eigenvalue weighted by Crippen LogP contribution is -2.27. The predicted molar refractivity (Wildman–Crippen MR) is 132 cm³/mol. The lowest BCUT2D eigenvalue weighted by atomic mass is 10.1. The number of pyridine rings is 1. The van der Waals surface area contributed by atoms with Crippen molar-refractivity contribution in [3.63, 3.8) is 0 Å². The fourth-order valence-electron chi connectivity index (χ4n) is 4.05. The molecule has 0 unspecified atom stereocenters. The van der Waals surface area contributed by atoms with Crippen molar-refractivity contribution in [1.29, 1.82) is 0 Å². The quantitative estimate of drug-likeness (QED) is 0.255. The highest BCUT2D eigenvalue weighted by molar-refractivity contribution is 5.86. The molecule has 0 aliphatic carbocycles. The first-order valence-corrected chi connectivity index (χ1v) is 11.7. The standard InChI is InChI=1S/C24H21F6N7O3/c1-11(34-16-9-33-36-21(38)18(16)24(28,29)30)3-2-5-37-6-4-12-7-14(15(25)8-13(12)22(37)39)20-32-10-17(19(31)35-20)40-23(26)27/h4,6-11,23H,2-3,5H2,1H3,(H2,31,32,35)(H2,34,36,38)/t11-/m0/s1. The van der Waals surface area contributed by atoms with Crippen molar-refractivity contribution in [2.24, 2.45) is 0 Å². The van der Waals surface area contributed by atoms with Crippen LogP contribution in [0.15, 0.2) is 46.4 Å². The summed E-state index contributed by atoms with van der Waals surface area (Å²) in [6, 6.07) is 3.36. The van der Waals surface area contributed by atoms with Gasteiger partial charge in [0.15, 0.2) is 17.4 Å². The zero-order chi connectivity index (χ0) is 29.2. The SMILES string of the molecule is C[C@@H](CCCn1ccc2cc(-c3ncc(OC(F)F)c(N)n3)c(F)cc2c1=O)Nc1cn[nH]c(=O)c1C(F)(F)F. The molecule has 3 heterocycles. The molecule has 0 aliphatic rings. The van der Waals surface area contributed by atoms with Gasteiger partial charge in [-0.1, -0.05) is 0 Å². The fourth-order valence-corrected chi connectivity index (χ4v) is 4.05. The first kappa shape index (κ1) is 28.4. The molecule has 10 nitrogen and oxygen atoms in total. The molecule has 3 aromatic heterocycles. The number of nitrogens with two attached hydrogens (primary N) is 1. The van der Waals surface area contributed by atoms with Gasteiger partial charge in [-0.05, 0) is 43.4 Å². The van der Waals surface area contributed by atoms with E-state index < -0.39 is 58.6 Å². The summed E-state index contributed by atoms with van der Waals surface area (Å²) in [5.41, 5.74) is 1.76. The second-order valence-corrected chi connectivity index (χ2v) is 8.73. The Morgan fingerprint density at radius 1 is 1.20 bits per heavy atom. The zero-order valence-corrected chi connectivity index (χ0v) is 20.6. The third-order valence-electron chi connectivity index (χ3n) is 5.88. The van der Waals surface area contributed by atoms with Crippen molar-refractivity contribution in [3.8, 4) is 17.1 Å². The fraction of sp³-hybridized carbons (Fsp3) is 0.292. The molecule has 1 aromatic carbocycles. The molecule has 0 spiro atoms. The molecule has 0 amide bonds. The van der Waals surface area contributed by atoms with Gasteiger partial charge in [-0.2, -0.15) is 27.1 Å². The van der Waals surface area contributed by atoms with Crippen LogP contribution in [0, 0.1) is 5.82 Å². The van der Waals surface area contributed by atoms with E-state index in [2.05, 4.69) is 25.1 Å². The lowest BCUT2D eigenvalue weighted by Gasteiger charge is -2.18. The summed E-state index contributed by atoms with van der Waals surface area (Å²) in [5.74, 6) is -1.95. The number of nitrogens with one attached hydrogen (secondary N) is 2. The number of fused-ring (bicyclic) bond motifs is 1. The number of nitrogens with zero attached hydrogens (tertiary/aromatic N) is 4. The number of ether oxygens (including phenoxy) is 1. The van der Waals surface area contributed by atoms with Gasteiger partial charge in [-0.15, -0.1) is 0 Å². The Bertz CT molecular complexity index is 1660. The maximum Gasteiger partial charge on any atom is 0.423 e. The molecule has 4 aromatic rings. The van der Waals surface area contributed by atoms with Gasteiger partial charge in [0.05, 0.1) is 29.0 Å². The van der Waals surface area contributed by atoms with E-state index in [1.165, 1.54) is 16.8 Å². The van der Waals surface area contributed by atoms with Crippen molar-refractivity contribution >= 4 is 22.3 Å². The summed E-state index contributed by atoms with van der Waals surface area (Å²) < 4.78 is 85.0. The maximum absolute atomic E-state index is 14.9. The summed E-state index contributed by atoms with van der Waals surface area (Å²) in [5, 5.41) is 8.19. The first-order valence-electron chi connectivity index (χ1n) is 11.7.